The van der Waals surface area contributed by atoms with Gasteiger partial charge in [-0.05, 0) is 42.2 Å². The van der Waals surface area contributed by atoms with E-state index in [1.165, 1.54) is 23.1 Å². The Morgan fingerprint density at radius 3 is 2.20 bits per heavy atom. The molecule has 3 aromatic rings. The quantitative estimate of drug-likeness (QED) is 0.461. The summed E-state index contributed by atoms with van der Waals surface area (Å²) in [6, 6.07) is 20.8. The fourth-order valence-corrected chi connectivity index (χ4v) is 4.61. The zero-order valence-corrected chi connectivity index (χ0v) is 19.6. The van der Waals surface area contributed by atoms with E-state index in [0.29, 0.717) is 17.5 Å². The van der Waals surface area contributed by atoms with E-state index in [1.807, 2.05) is 30.3 Å². The van der Waals surface area contributed by atoms with Crippen LogP contribution < -0.4 is 5.32 Å². The van der Waals surface area contributed by atoms with E-state index < -0.39 is 11.9 Å². The van der Waals surface area contributed by atoms with Crippen LogP contribution in [0.15, 0.2) is 78.9 Å². The maximum atomic E-state index is 14.6. The molecule has 1 fully saturated rings. The van der Waals surface area contributed by atoms with Crippen LogP contribution in [0.5, 0.6) is 0 Å². The lowest BCUT2D eigenvalue weighted by Crippen LogP contribution is -2.52. The molecule has 2 amide bonds. The van der Waals surface area contributed by atoms with Gasteiger partial charge in [0.15, 0.2) is 0 Å². The molecule has 1 aliphatic rings. The highest BCUT2D eigenvalue weighted by Gasteiger charge is 2.32. The van der Waals surface area contributed by atoms with Gasteiger partial charge >= 0.3 is 0 Å². The number of nitrogens with zero attached hydrogens (tertiary/aromatic N) is 1. The second-order valence-corrected chi connectivity index (χ2v) is 9.11. The van der Waals surface area contributed by atoms with Crippen molar-refractivity contribution in [2.24, 2.45) is 0 Å². The minimum absolute atomic E-state index is 0.0171. The molecule has 3 aromatic carbocycles. The molecule has 35 heavy (non-hydrogen) atoms. The fourth-order valence-electron chi connectivity index (χ4n) is 4.61. The van der Waals surface area contributed by atoms with Crippen molar-refractivity contribution in [1.29, 1.82) is 0 Å². The molecule has 6 heteroatoms. The smallest absolute Gasteiger partial charge is 0.243 e. The fraction of sp³-hybridized carbons (Fsp3) is 0.310. The van der Waals surface area contributed by atoms with Crippen molar-refractivity contribution < 1.29 is 18.4 Å². The number of hydrogen-bond acceptors (Lipinski definition) is 2. The predicted molar refractivity (Wildman–Crippen MR) is 131 cm³/mol. The van der Waals surface area contributed by atoms with Gasteiger partial charge in [0.1, 0.15) is 17.7 Å². The van der Waals surface area contributed by atoms with Gasteiger partial charge in [-0.25, -0.2) is 8.78 Å². The van der Waals surface area contributed by atoms with E-state index in [4.69, 9.17) is 0 Å². The first kappa shape index (κ1) is 24.6. The molecule has 1 saturated carbocycles. The summed E-state index contributed by atoms with van der Waals surface area (Å²) in [5, 5.41) is 3.13. The Morgan fingerprint density at radius 1 is 0.857 bits per heavy atom. The minimum Gasteiger partial charge on any atom is -0.352 e. The van der Waals surface area contributed by atoms with E-state index in [0.717, 1.165) is 31.2 Å². The molecule has 0 saturated heterocycles. The maximum absolute atomic E-state index is 14.6. The molecule has 0 spiro atoms. The average molecular weight is 477 g/mol. The Balaban J connectivity index is 1.66. The molecule has 0 bridgehead atoms. The number of hydrogen-bond donors (Lipinski definition) is 1. The molecule has 0 aromatic heterocycles. The van der Waals surface area contributed by atoms with Crippen LogP contribution in [-0.2, 0) is 29.0 Å². The summed E-state index contributed by atoms with van der Waals surface area (Å²) in [5.41, 5.74) is 1.88. The molecule has 4 nitrogen and oxygen atoms in total. The molecule has 0 aliphatic heterocycles. The SMILES string of the molecule is O=C(NC1CCCC1)[C@@H](Cc1ccccc1)N(Cc1ccccc1F)C(=O)Cc1ccc(F)cc1. The lowest BCUT2D eigenvalue weighted by Gasteiger charge is -2.32. The van der Waals surface area contributed by atoms with Crippen LogP contribution in [0.2, 0.25) is 0 Å². The highest BCUT2D eigenvalue weighted by Crippen LogP contribution is 2.21. The monoisotopic (exact) mass is 476 g/mol. The van der Waals surface area contributed by atoms with Gasteiger partial charge in [-0.1, -0.05) is 73.5 Å². The third-order valence-corrected chi connectivity index (χ3v) is 6.54. The van der Waals surface area contributed by atoms with Crippen LogP contribution in [0.25, 0.3) is 0 Å². The van der Waals surface area contributed by atoms with Crippen molar-refractivity contribution in [3.63, 3.8) is 0 Å². The standard InChI is InChI=1S/C29H30F2N2O2/c30-24-16-14-22(15-17-24)19-28(34)33(20-23-10-4-7-13-26(23)31)27(18-21-8-2-1-3-9-21)29(35)32-25-11-5-6-12-25/h1-4,7-10,13-17,25,27H,5-6,11-12,18-20H2,(H,32,35)/t27-/m1/s1. The van der Waals surface area contributed by atoms with Gasteiger partial charge in [0.2, 0.25) is 11.8 Å². The van der Waals surface area contributed by atoms with Gasteiger partial charge in [0.25, 0.3) is 0 Å². The van der Waals surface area contributed by atoms with Crippen molar-refractivity contribution in [2.45, 2.75) is 57.2 Å². The third-order valence-electron chi connectivity index (χ3n) is 6.54. The molecule has 1 atom stereocenters. The Labute approximate surface area is 205 Å². The largest absolute Gasteiger partial charge is 0.352 e. The van der Waals surface area contributed by atoms with E-state index in [-0.39, 0.29) is 36.6 Å². The van der Waals surface area contributed by atoms with Crippen molar-refractivity contribution in [3.05, 3.63) is 107 Å². The van der Waals surface area contributed by atoms with E-state index in [9.17, 15) is 18.4 Å². The van der Waals surface area contributed by atoms with Crippen molar-refractivity contribution >= 4 is 11.8 Å². The molecule has 0 heterocycles. The summed E-state index contributed by atoms with van der Waals surface area (Å²) in [6.07, 6.45) is 4.26. The van der Waals surface area contributed by atoms with Crippen LogP contribution in [0, 0.1) is 11.6 Å². The number of amides is 2. The van der Waals surface area contributed by atoms with Crippen LogP contribution in [-0.4, -0.2) is 28.8 Å². The number of benzene rings is 3. The Bertz CT molecular complexity index is 1130. The van der Waals surface area contributed by atoms with Crippen molar-refractivity contribution in [2.75, 3.05) is 0 Å². The molecule has 182 valence electrons. The van der Waals surface area contributed by atoms with Gasteiger partial charge in [-0.15, -0.1) is 0 Å². The number of halogens is 2. The first-order valence-electron chi connectivity index (χ1n) is 12.1. The normalized spacial score (nSPS) is 14.5. The summed E-state index contributed by atoms with van der Waals surface area (Å²) in [6.45, 7) is -0.0394. The van der Waals surface area contributed by atoms with Gasteiger partial charge in [0.05, 0.1) is 6.42 Å². The number of carbonyl (C=O) groups excluding carboxylic acids is 2. The average Bonchev–Trinajstić information content (AvgIpc) is 3.37. The second-order valence-electron chi connectivity index (χ2n) is 9.11. The Hall–Kier alpha value is -3.54. The number of rotatable bonds is 9. The summed E-state index contributed by atoms with van der Waals surface area (Å²) in [4.78, 5) is 28.7. The number of nitrogens with one attached hydrogen (secondary N) is 1. The van der Waals surface area contributed by atoms with Gasteiger partial charge in [-0.2, -0.15) is 0 Å². The number of carbonyl (C=O) groups is 2. The molecule has 0 unspecified atom stereocenters. The lowest BCUT2D eigenvalue weighted by atomic mass is 10.0. The topological polar surface area (TPSA) is 49.4 Å². The molecular weight excluding hydrogens is 446 g/mol. The minimum atomic E-state index is -0.814. The van der Waals surface area contributed by atoms with E-state index in [2.05, 4.69) is 5.32 Å². The summed E-state index contributed by atoms with van der Waals surface area (Å²) < 4.78 is 28.0. The Morgan fingerprint density at radius 2 is 1.51 bits per heavy atom. The first-order valence-corrected chi connectivity index (χ1v) is 12.1. The summed E-state index contributed by atoms with van der Waals surface area (Å²) in [5.74, 6) is -1.36. The first-order chi connectivity index (χ1) is 17.0. The van der Waals surface area contributed by atoms with E-state index in [1.54, 1.807) is 30.3 Å². The van der Waals surface area contributed by atoms with Crippen LogP contribution >= 0.6 is 0 Å². The lowest BCUT2D eigenvalue weighted by molar-refractivity contribution is -0.141. The van der Waals surface area contributed by atoms with Crippen LogP contribution in [0.4, 0.5) is 8.78 Å². The predicted octanol–water partition coefficient (Wildman–Crippen LogP) is 5.21. The van der Waals surface area contributed by atoms with Crippen molar-refractivity contribution in [1.82, 2.24) is 10.2 Å². The third kappa shape index (κ3) is 6.75. The molecular formula is C29H30F2N2O2. The van der Waals surface area contributed by atoms with Crippen LogP contribution in [0.3, 0.4) is 0 Å². The van der Waals surface area contributed by atoms with Crippen LogP contribution in [0.1, 0.15) is 42.4 Å². The maximum Gasteiger partial charge on any atom is 0.243 e. The van der Waals surface area contributed by atoms with Gasteiger partial charge < -0.3 is 10.2 Å². The summed E-state index contributed by atoms with van der Waals surface area (Å²) >= 11 is 0. The zero-order chi connectivity index (χ0) is 24.6. The molecule has 0 radical (unpaired) electrons. The second kappa shape index (κ2) is 11.7. The molecule has 4 rings (SSSR count). The van der Waals surface area contributed by atoms with Gasteiger partial charge in [0, 0.05) is 24.6 Å². The zero-order valence-electron chi connectivity index (χ0n) is 19.6. The molecule has 1 aliphatic carbocycles. The van der Waals surface area contributed by atoms with Gasteiger partial charge in [-0.3, -0.25) is 9.59 Å². The summed E-state index contributed by atoms with van der Waals surface area (Å²) in [7, 11) is 0. The highest BCUT2D eigenvalue weighted by molar-refractivity contribution is 5.89. The molecule has 1 N–H and O–H groups in total. The highest BCUT2D eigenvalue weighted by atomic mass is 19.1. The Kier molecular flexibility index (Phi) is 8.24. The van der Waals surface area contributed by atoms with Crippen molar-refractivity contribution in [3.8, 4) is 0 Å². The van der Waals surface area contributed by atoms with E-state index >= 15 is 0 Å².